The number of piperidine rings is 1. The summed E-state index contributed by atoms with van der Waals surface area (Å²) in [6, 6.07) is 17.7. The van der Waals surface area contributed by atoms with Crippen LogP contribution in [0.1, 0.15) is 51.7 Å². The number of carbonyl (C=O) groups is 1. The first-order valence-corrected chi connectivity index (χ1v) is 12.9. The van der Waals surface area contributed by atoms with Gasteiger partial charge in [0.25, 0.3) is 0 Å². The van der Waals surface area contributed by atoms with Gasteiger partial charge in [0.05, 0.1) is 0 Å². The number of hydrogen-bond donors (Lipinski definition) is 0. The van der Waals surface area contributed by atoms with Crippen molar-refractivity contribution in [1.29, 1.82) is 0 Å². The molecule has 0 unspecified atom stereocenters. The zero-order chi connectivity index (χ0) is 24.2. The zero-order valence-corrected chi connectivity index (χ0v) is 21.4. The van der Waals surface area contributed by atoms with E-state index in [9.17, 15) is 4.79 Å². The fraction of sp³-hybridized carbons (Fsp3) is 0.433. The Labute approximate surface area is 205 Å². The number of fused-ring (bicyclic) bond motifs is 2. The molecule has 0 aromatic heterocycles. The average molecular weight is 458 g/mol. The fourth-order valence-electron chi connectivity index (χ4n) is 5.58. The fourth-order valence-corrected chi connectivity index (χ4v) is 5.58. The number of Topliss-reactive ketones (excluding diaryl/α,β-unsaturated/α-hetero) is 1. The highest BCUT2D eigenvalue weighted by Crippen LogP contribution is 2.40. The summed E-state index contributed by atoms with van der Waals surface area (Å²) in [7, 11) is 2.17. The largest absolute Gasteiger partial charge is 0.372 e. The number of nitrogens with zero attached hydrogens (tertiary/aromatic N) is 3. The lowest BCUT2D eigenvalue weighted by Crippen LogP contribution is -2.43. The molecule has 2 heterocycles. The summed E-state index contributed by atoms with van der Waals surface area (Å²) in [5.74, 6) is 0.214. The maximum Gasteiger partial charge on any atom is 0.188 e. The van der Waals surface area contributed by atoms with Crippen LogP contribution in [0.25, 0.3) is 12.2 Å². The molecular formula is C30H39N3O. The van der Waals surface area contributed by atoms with Crippen molar-refractivity contribution < 1.29 is 4.79 Å². The standard InChI is InChI=1S/C30H39N3O/c1-6-32(7-2)24-14-10-22(11-15-24)20-26-28-18-19-29(31(28)5)27(30(26)34)21-23-12-16-25(17-13-23)33(8-3)9-4/h10-17,20-21,28-29H,6-9,18-19H2,1-5H3/b26-20-,27-21-/t28-,29+. The maximum atomic E-state index is 13.7. The SMILES string of the molecule is CCN(CC)c1ccc(/C=C2\C(=O)/C(=C\c3ccc(N(CC)CC)cc3)[C@@H]3CC[C@H]2N3C)cc1. The van der Waals surface area contributed by atoms with E-state index >= 15 is 0 Å². The quantitative estimate of drug-likeness (QED) is 0.462. The first-order valence-electron chi connectivity index (χ1n) is 12.9. The van der Waals surface area contributed by atoms with E-state index in [0.29, 0.717) is 0 Å². The summed E-state index contributed by atoms with van der Waals surface area (Å²) in [5, 5.41) is 0. The minimum atomic E-state index is 0.210. The first kappa shape index (κ1) is 24.3. The molecule has 2 aromatic rings. The molecule has 0 amide bonds. The molecule has 0 saturated carbocycles. The number of rotatable bonds is 8. The van der Waals surface area contributed by atoms with E-state index in [4.69, 9.17) is 0 Å². The average Bonchev–Trinajstić information content (AvgIpc) is 3.18. The van der Waals surface area contributed by atoms with Gasteiger partial charge in [-0.1, -0.05) is 24.3 Å². The predicted octanol–water partition coefficient (Wildman–Crippen LogP) is 5.89. The van der Waals surface area contributed by atoms with E-state index in [-0.39, 0.29) is 17.9 Å². The highest BCUT2D eigenvalue weighted by Gasteiger charge is 2.44. The third-order valence-corrected chi connectivity index (χ3v) is 7.63. The van der Waals surface area contributed by atoms with Gasteiger partial charge in [-0.3, -0.25) is 9.69 Å². The van der Waals surface area contributed by atoms with Gasteiger partial charge in [0, 0.05) is 60.8 Å². The Hall–Kier alpha value is -2.85. The Morgan fingerprint density at radius 2 is 1.06 bits per heavy atom. The predicted molar refractivity (Wildman–Crippen MR) is 146 cm³/mol. The molecule has 0 spiro atoms. The van der Waals surface area contributed by atoms with E-state index in [1.165, 1.54) is 11.4 Å². The van der Waals surface area contributed by atoms with Gasteiger partial charge in [-0.25, -0.2) is 0 Å². The van der Waals surface area contributed by atoms with E-state index < -0.39 is 0 Å². The normalized spacial score (nSPS) is 22.6. The Morgan fingerprint density at radius 3 is 1.38 bits per heavy atom. The molecule has 2 atom stereocenters. The lowest BCUT2D eigenvalue weighted by Gasteiger charge is -2.34. The van der Waals surface area contributed by atoms with Crippen molar-refractivity contribution in [3.05, 3.63) is 70.8 Å². The van der Waals surface area contributed by atoms with E-state index in [2.05, 4.69) is 110 Å². The first-order chi connectivity index (χ1) is 16.5. The molecule has 34 heavy (non-hydrogen) atoms. The van der Waals surface area contributed by atoms with Gasteiger partial charge in [-0.15, -0.1) is 0 Å². The van der Waals surface area contributed by atoms with Gasteiger partial charge in [-0.2, -0.15) is 0 Å². The maximum absolute atomic E-state index is 13.7. The summed E-state index contributed by atoms with van der Waals surface area (Å²) >= 11 is 0. The number of ketones is 1. The van der Waals surface area contributed by atoms with Crippen LogP contribution in [0.4, 0.5) is 11.4 Å². The molecule has 0 aliphatic carbocycles. The van der Waals surface area contributed by atoms with Gasteiger partial charge in [-0.05, 0) is 95.1 Å². The lowest BCUT2D eigenvalue weighted by molar-refractivity contribution is -0.114. The Bertz CT molecular complexity index is 960. The second-order valence-corrected chi connectivity index (χ2v) is 9.33. The van der Waals surface area contributed by atoms with Gasteiger partial charge < -0.3 is 9.80 Å². The van der Waals surface area contributed by atoms with Crippen molar-refractivity contribution in [2.45, 2.75) is 52.6 Å². The topological polar surface area (TPSA) is 26.8 Å². The minimum Gasteiger partial charge on any atom is -0.372 e. The van der Waals surface area contributed by atoms with Crippen LogP contribution in [0.5, 0.6) is 0 Å². The molecule has 0 radical (unpaired) electrons. The monoisotopic (exact) mass is 457 g/mol. The lowest BCUT2D eigenvalue weighted by atomic mass is 9.88. The summed E-state index contributed by atoms with van der Waals surface area (Å²) < 4.78 is 0. The molecule has 4 rings (SSSR count). The smallest absolute Gasteiger partial charge is 0.188 e. The van der Waals surface area contributed by atoms with Gasteiger partial charge >= 0.3 is 0 Å². The van der Waals surface area contributed by atoms with E-state index in [1.807, 2.05) is 0 Å². The molecule has 0 N–H and O–H groups in total. The molecule has 2 aliphatic heterocycles. The molecular weight excluding hydrogens is 418 g/mol. The van der Waals surface area contributed by atoms with Crippen LogP contribution in [0, 0.1) is 0 Å². The molecule has 2 aliphatic rings. The minimum absolute atomic E-state index is 0.210. The molecule has 2 aromatic carbocycles. The van der Waals surface area contributed by atoms with Gasteiger partial charge in [0.15, 0.2) is 5.78 Å². The number of carbonyl (C=O) groups excluding carboxylic acids is 1. The molecule has 2 saturated heterocycles. The van der Waals surface area contributed by atoms with E-state index in [0.717, 1.165) is 61.3 Å². The van der Waals surface area contributed by atoms with Crippen molar-refractivity contribution in [2.24, 2.45) is 0 Å². The Kier molecular flexibility index (Phi) is 7.57. The van der Waals surface area contributed by atoms with Crippen molar-refractivity contribution in [3.8, 4) is 0 Å². The van der Waals surface area contributed by atoms with Crippen LogP contribution in [0.15, 0.2) is 59.7 Å². The van der Waals surface area contributed by atoms with Crippen molar-refractivity contribution in [2.75, 3.05) is 43.0 Å². The molecule has 180 valence electrons. The van der Waals surface area contributed by atoms with E-state index in [1.54, 1.807) is 0 Å². The summed E-state index contributed by atoms with van der Waals surface area (Å²) in [4.78, 5) is 20.8. The highest BCUT2D eigenvalue weighted by atomic mass is 16.1. The Morgan fingerprint density at radius 1 is 0.706 bits per heavy atom. The van der Waals surface area contributed by atoms with Crippen LogP contribution in [-0.2, 0) is 4.79 Å². The third-order valence-electron chi connectivity index (χ3n) is 7.63. The molecule has 2 fully saturated rings. The van der Waals surface area contributed by atoms with Crippen molar-refractivity contribution in [3.63, 3.8) is 0 Å². The second-order valence-electron chi connectivity index (χ2n) is 9.33. The summed E-state index contributed by atoms with van der Waals surface area (Å²) in [6.45, 7) is 12.7. The van der Waals surface area contributed by atoms with Gasteiger partial charge in [0.1, 0.15) is 0 Å². The van der Waals surface area contributed by atoms with Crippen LogP contribution in [0.2, 0.25) is 0 Å². The highest BCUT2D eigenvalue weighted by molar-refractivity contribution is 6.16. The molecule has 4 heteroatoms. The molecule has 2 bridgehead atoms. The number of benzene rings is 2. The van der Waals surface area contributed by atoms with Gasteiger partial charge in [0.2, 0.25) is 0 Å². The second kappa shape index (κ2) is 10.6. The number of likely N-dealkylation sites (N-methyl/N-ethyl adjacent to an activating group) is 1. The van der Waals surface area contributed by atoms with Crippen LogP contribution >= 0.6 is 0 Å². The van der Waals surface area contributed by atoms with Crippen molar-refractivity contribution >= 4 is 29.3 Å². The summed E-state index contributed by atoms with van der Waals surface area (Å²) in [5.41, 5.74) is 6.51. The summed E-state index contributed by atoms with van der Waals surface area (Å²) in [6.07, 6.45) is 6.31. The van der Waals surface area contributed by atoms with Crippen LogP contribution in [0.3, 0.4) is 0 Å². The van der Waals surface area contributed by atoms with Crippen LogP contribution in [-0.4, -0.2) is 56.0 Å². The number of hydrogen-bond acceptors (Lipinski definition) is 4. The zero-order valence-electron chi connectivity index (χ0n) is 21.4. The Balaban J connectivity index is 1.63. The number of anilines is 2. The van der Waals surface area contributed by atoms with Crippen LogP contribution < -0.4 is 9.80 Å². The van der Waals surface area contributed by atoms with Crippen molar-refractivity contribution in [1.82, 2.24) is 4.90 Å². The molecule has 4 nitrogen and oxygen atoms in total. The third kappa shape index (κ3) is 4.69.